The summed E-state index contributed by atoms with van der Waals surface area (Å²) in [6, 6.07) is 0. The number of carboxylic acid groups (broad SMARTS) is 1. The Labute approximate surface area is 80.9 Å². The number of rotatable bonds is 2. The monoisotopic (exact) mass is 194 g/mol. The van der Waals surface area contributed by atoms with E-state index in [-0.39, 0.29) is 0 Å². The van der Waals surface area contributed by atoms with Crippen LogP contribution in [0, 0.1) is 0 Å². The molecule has 0 fully saturated rings. The van der Waals surface area contributed by atoms with Gasteiger partial charge in [0, 0.05) is 0 Å². The summed E-state index contributed by atoms with van der Waals surface area (Å²) in [5, 5.41) is 7.94. The number of phosphoric acid groups is 1. The topological polar surface area (TPSA) is 115 Å². The van der Waals surface area contributed by atoms with Gasteiger partial charge in [0.05, 0.1) is 0 Å². The van der Waals surface area contributed by atoms with Crippen molar-refractivity contribution in [1.82, 2.24) is 0 Å². The summed E-state index contributed by atoms with van der Waals surface area (Å²) in [6.07, 6.45) is 0.353. The van der Waals surface area contributed by atoms with E-state index in [2.05, 4.69) is 0 Å². The van der Waals surface area contributed by atoms with Crippen molar-refractivity contribution in [3.63, 3.8) is 0 Å². The molecule has 0 rings (SSSR count). The minimum Gasteiger partial charge on any atom is -0.303 e. The van der Waals surface area contributed by atoms with Gasteiger partial charge in [-0.2, -0.15) is 0 Å². The van der Waals surface area contributed by atoms with Crippen LogP contribution in [0.2, 0.25) is 3.67 Å². The maximum Gasteiger partial charge on any atom is 0.466 e. The minimum atomic E-state index is -4.64. The second kappa shape index (κ2) is 7.24. The van der Waals surface area contributed by atoms with Crippen molar-refractivity contribution in [2.75, 3.05) is 0 Å². The average molecular weight is 194 g/mol. The number of carbonyl (C=O) groups is 1. The van der Waals surface area contributed by atoms with Crippen LogP contribution in [-0.2, 0) is 9.36 Å². The summed E-state index contributed by atoms with van der Waals surface area (Å²) in [7, 11) is -4.64. The molecular formula is C3H8NaO6P. The van der Waals surface area contributed by atoms with Crippen LogP contribution in [0.15, 0.2) is 0 Å². The molecule has 0 saturated heterocycles. The molecule has 0 bridgehead atoms. The molecule has 0 aromatic rings. The van der Waals surface area contributed by atoms with E-state index in [9.17, 15) is 4.79 Å². The molecule has 62 valence electrons. The van der Waals surface area contributed by atoms with Crippen molar-refractivity contribution in [2.45, 2.75) is 10.1 Å². The van der Waals surface area contributed by atoms with Gasteiger partial charge in [-0.3, -0.25) is 0 Å². The Bertz CT molecular complexity index is 144. The van der Waals surface area contributed by atoms with Crippen molar-refractivity contribution < 1.29 is 29.1 Å². The van der Waals surface area contributed by atoms with Gasteiger partial charge in [0.1, 0.15) is 0 Å². The average Bonchev–Trinajstić information content (AvgIpc) is 1.58. The fourth-order valence-electron chi connectivity index (χ4n) is 0.214. The molecule has 0 spiro atoms. The molecule has 0 atom stereocenters. The first-order valence-electron chi connectivity index (χ1n) is 2.77. The molecule has 0 aromatic carbocycles. The summed E-state index contributed by atoms with van der Waals surface area (Å²) in [4.78, 5) is 31.2. The van der Waals surface area contributed by atoms with E-state index in [1.807, 2.05) is 0 Å². The van der Waals surface area contributed by atoms with Crippen LogP contribution in [0.5, 0.6) is 0 Å². The van der Waals surface area contributed by atoms with Gasteiger partial charge in [-0.15, -0.1) is 0 Å². The number of hydrogen-bond acceptors (Lipinski definition) is 2. The summed E-state index contributed by atoms with van der Waals surface area (Å²) in [6.45, 7) is 0. The van der Waals surface area contributed by atoms with Crippen molar-refractivity contribution in [3.8, 4) is 0 Å². The summed E-state index contributed by atoms with van der Waals surface area (Å²) < 4.78 is 9.75. The Morgan fingerprint density at radius 1 is 1.36 bits per heavy atom. The maximum absolute atomic E-state index is 9.62. The largest absolute Gasteiger partial charge is 0.466 e. The molecular weight excluding hydrogens is 186 g/mol. The molecule has 0 saturated carbocycles. The third-order valence-electron chi connectivity index (χ3n) is 0.464. The molecule has 0 radical (unpaired) electrons. The Morgan fingerprint density at radius 2 is 1.64 bits per heavy atom. The summed E-state index contributed by atoms with van der Waals surface area (Å²) >= 11 is 1.01. The number of hydrogen-bond donors (Lipinski definition) is 4. The molecule has 0 amide bonds. The van der Waals surface area contributed by atoms with E-state index >= 15 is 0 Å². The molecule has 0 aromatic heterocycles. The summed E-state index contributed by atoms with van der Waals surface area (Å²) in [5.41, 5.74) is 0. The number of aliphatic carboxylic acids is 1. The van der Waals surface area contributed by atoms with Gasteiger partial charge in [0.25, 0.3) is 0 Å². The van der Waals surface area contributed by atoms with E-state index in [4.69, 9.17) is 24.4 Å². The molecule has 4 N–H and O–H groups in total. The summed E-state index contributed by atoms with van der Waals surface area (Å²) in [5.74, 6) is -0.676. The van der Waals surface area contributed by atoms with Gasteiger partial charge in [-0.25, -0.2) is 4.57 Å². The first-order chi connectivity index (χ1) is 4.77. The predicted molar refractivity (Wildman–Crippen MR) is 37.1 cm³/mol. The Balaban J connectivity index is 0. The molecule has 11 heavy (non-hydrogen) atoms. The van der Waals surface area contributed by atoms with Crippen molar-refractivity contribution in [1.29, 1.82) is 0 Å². The quantitative estimate of drug-likeness (QED) is 0.335. The van der Waals surface area contributed by atoms with Gasteiger partial charge in [-0.1, -0.05) is 0 Å². The first kappa shape index (κ1) is 14.1. The molecule has 8 heteroatoms. The van der Waals surface area contributed by atoms with E-state index in [0.29, 0.717) is 6.42 Å². The zero-order valence-electron chi connectivity index (χ0n) is 5.97. The number of carboxylic acids is 1. The Kier molecular flexibility index (Phi) is 9.30. The maximum atomic E-state index is 9.62. The zero-order chi connectivity index (χ0) is 9.49. The molecule has 0 unspecified atom stereocenters. The van der Waals surface area contributed by atoms with Crippen LogP contribution >= 0.6 is 7.82 Å². The van der Waals surface area contributed by atoms with Crippen LogP contribution in [0.1, 0.15) is 6.42 Å². The first-order valence-corrected chi connectivity index (χ1v) is 5.75. The van der Waals surface area contributed by atoms with E-state index in [1.165, 1.54) is 0 Å². The van der Waals surface area contributed by atoms with Crippen LogP contribution in [0.25, 0.3) is 0 Å². The standard InChI is InChI=1S/C3H5O2.Na.H3O4P/c1-2-3(4)5;;1-5(2,3)4/h1-2H2,(H,4,5);;(H3,1,2,3,4). The SMILES string of the molecule is O=C(O)C[CH2][Na].O=P(O)(O)O. The second-order valence-electron chi connectivity index (χ2n) is 1.66. The Morgan fingerprint density at radius 3 is 1.64 bits per heavy atom. The zero-order valence-corrected chi connectivity index (χ0v) is 8.86. The molecule has 0 aliphatic carbocycles. The van der Waals surface area contributed by atoms with Crippen LogP contribution in [-0.4, -0.2) is 53.7 Å². The van der Waals surface area contributed by atoms with Gasteiger partial charge in [0.2, 0.25) is 0 Å². The molecule has 6 nitrogen and oxygen atoms in total. The van der Waals surface area contributed by atoms with Crippen LogP contribution in [0.3, 0.4) is 0 Å². The Hall–Kier alpha value is 0.580. The minimum absolute atomic E-state index is 0.353. The normalized spacial score (nSPS) is 9.91. The van der Waals surface area contributed by atoms with Crippen molar-refractivity contribution in [3.05, 3.63) is 0 Å². The van der Waals surface area contributed by atoms with Crippen LogP contribution < -0.4 is 0 Å². The molecule has 0 heterocycles. The van der Waals surface area contributed by atoms with Crippen molar-refractivity contribution in [2.24, 2.45) is 0 Å². The van der Waals surface area contributed by atoms with E-state index in [1.54, 1.807) is 0 Å². The second-order valence-corrected chi connectivity index (χ2v) is 3.68. The third kappa shape index (κ3) is 60.8. The molecule has 0 aliphatic heterocycles. The smallest absolute Gasteiger partial charge is 0.303 e. The van der Waals surface area contributed by atoms with E-state index < -0.39 is 13.8 Å². The van der Waals surface area contributed by atoms with Gasteiger partial charge in [-0.05, 0) is 0 Å². The molecule has 0 aliphatic rings. The fourth-order valence-corrected chi connectivity index (χ4v) is 0.642. The predicted octanol–water partition coefficient (Wildman–Crippen LogP) is -0.881. The van der Waals surface area contributed by atoms with Gasteiger partial charge < -0.3 is 14.7 Å². The third-order valence-corrected chi connectivity index (χ3v) is 0.964. The van der Waals surface area contributed by atoms with Gasteiger partial charge in [0.15, 0.2) is 0 Å². The van der Waals surface area contributed by atoms with Gasteiger partial charge >= 0.3 is 61.7 Å². The van der Waals surface area contributed by atoms with Crippen molar-refractivity contribution >= 4 is 41.7 Å². The van der Waals surface area contributed by atoms with Crippen LogP contribution in [0.4, 0.5) is 0 Å². The fraction of sp³-hybridized carbons (Fsp3) is 0.667. The van der Waals surface area contributed by atoms with E-state index in [0.717, 1.165) is 31.6 Å².